The van der Waals surface area contributed by atoms with Gasteiger partial charge in [-0.25, -0.2) is 0 Å². The van der Waals surface area contributed by atoms with E-state index in [0.717, 1.165) is 12.1 Å². The normalized spacial score (nSPS) is 15.1. The summed E-state index contributed by atoms with van der Waals surface area (Å²) >= 11 is 0. The van der Waals surface area contributed by atoms with Gasteiger partial charge in [-0.3, -0.25) is 9.59 Å². The molecule has 1 aliphatic carbocycles. The van der Waals surface area contributed by atoms with Crippen LogP contribution in [-0.4, -0.2) is 36.1 Å². The number of carbonyl (C=O) groups is 2. The molecule has 0 unspecified atom stereocenters. The van der Waals surface area contributed by atoms with Gasteiger partial charge in [0.15, 0.2) is 0 Å². The van der Waals surface area contributed by atoms with E-state index in [1.165, 1.54) is 0 Å². The highest BCUT2D eigenvalue weighted by Crippen LogP contribution is 2.30. The minimum atomic E-state index is -0.767. The molecule has 0 aliphatic heterocycles. The molecule has 5 heteroatoms. The van der Waals surface area contributed by atoms with Gasteiger partial charge in [-0.05, 0) is 49.6 Å². The van der Waals surface area contributed by atoms with E-state index in [9.17, 15) is 14.7 Å². The summed E-state index contributed by atoms with van der Waals surface area (Å²) in [5, 5.41) is 12.8. The van der Waals surface area contributed by atoms with Gasteiger partial charge in [-0.2, -0.15) is 0 Å². The van der Waals surface area contributed by atoms with Gasteiger partial charge >= 0.3 is 0 Å². The lowest BCUT2D eigenvalue weighted by Crippen LogP contribution is -2.47. The average Bonchev–Trinajstić information content (AvgIpc) is 2.64. The van der Waals surface area contributed by atoms with Gasteiger partial charge < -0.3 is 15.3 Å². The Balaban J connectivity index is 1.70. The number of rotatable bonds is 5. The Morgan fingerprint density at radius 3 is 2.40 bits per heavy atom. The largest absolute Gasteiger partial charge is 0.388 e. The number of carbonyl (C=O) groups excluding carboxylic acids is 2. The second-order valence-corrected chi connectivity index (χ2v) is 6.54. The van der Waals surface area contributed by atoms with Gasteiger partial charge in [0.2, 0.25) is 0 Å². The van der Waals surface area contributed by atoms with E-state index in [4.69, 9.17) is 0 Å². The van der Waals surface area contributed by atoms with Crippen LogP contribution in [0.15, 0.2) is 54.6 Å². The first-order valence-electron chi connectivity index (χ1n) is 8.42. The fourth-order valence-corrected chi connectivity index (χ4v) is 2.86. The lowest BCUT2D eigenvalue weighted by Gasteiger charge is -2.36. The Bertz CT molecular complexity index is 770. The van der Waals surface area contributed by atoms with Crippen molar-refractivity contribution in [2.45, 2.75) is 24.9 Å². The fourth-order valence-electron chi connectivity index (χ4n) is 2.86. The molecule has 0 radical (unpaired) electrons. The summed E-state index contributed by atoms with van der Waals surface area (Å²) in [4.78, 5) is 26.5. The lowest BCUT2D eigenvalue weighted by atomic mass is 9.80. The molecule has 0 atom stereocenters. The van der Waals surface area contributed by atoms with Crippen molar-refractivity contribution in [3.63, 3.8) is 0 Å². The molecule has 0 heterocycles. The number of nitrogens with one attached hydrogen (secondary N) is 1. The number of nitrogens with zero attached hydrogens (tertiary/aromatic N) is 1. The minimum Gasteiger partial charge on any atom is -0.388 e. The van der Waals surface area contributed by atoms with Crippen molar-refractivity contribution in [3.05, 3.63) is 65.7 Å². The maximum absolute atomic E-state index is 12.6. The van der Waals surface area contributed by atoms with Crippen molar-refractivity contribution in [3.8, 4) is 0 Å². The van der Waals surface area contributed by atoms with Crippen molar-refractivity contribution in [2.24, 2.45) is 0 Å². The number of hydrogen-bond donors (Lipinski definition) is 2. The van der Waals surface area contributed by atoms with Gasteiger partial charge in [0.25, 0.3) is 11.8 Å². The van der Waals surface area contributed by atoms with Crippen LogP contribution < -0.4 is 10.2 Å². The topological polar surface area (TPSA) is 69.6 Å². The molecule has 3 rings (SSSR count). The third kappa shape index (κ3) is 3.88. The van der Waals surface area contributed by atoms with Crippen LogP contribution in [0.4, 0.5) is 5.69 Å². The highest BCUT2D eigenvalue weighted by Gasteiger charge is 2.34. The van der Waals surface area contributed by atoms with Crippen molar-refractivity contribution in [2.75, 3.05) is 18.5 Å². The zero-order valence-electron chi connectivity index (χ0n) is 14.2. The second kappa shape index (κ2) is 7.07. The monoisotopic (exact) mass is 338 g/mol. The van der Waals surface area contributed by atoms with E-state index >= 15 is 0 Å². The molecule has 2 aromatic carbocycles. The number of para-hydroxylation sites is 1. The Kier molecular flexibility index (Phi) is 4.86. The van der Waals surface area contributed by atoms with E-state index in [0.29, 0.717) is 24.0 Å². The van der Waals surface area contributed by atoms with Crippen LogP contribution in [-0.2, 0) is 0 Å². The molecule has 1 aliphatic rings. The molecule has 130 valence electrons. The first-order chi connectivity index (χ1) is 12.0. The highest BCUT2D eigenvalue weighted by atomic mass is 16.3. The molecular formula is C20H22N2O3. The smallest absolute Gasteiger partial charge is 0.258 e. The minimum absolute atomic E-state index is 0.182. The van der Waals surface area contributed by atoms with Crippen molar-refractivity contribution in [1.82, 2.24) is 5.32 Å². The Morgan fingerprint density at radius 2 is 1.76 bits per heavy atom. The molecule has 5 nitrogen and oxygen atoms in total. The summed E-state index contributed by atoms with van der Waals surface area (Å²) in [6.45, 7) is 0.244. The van der Waals surface area contributed by atoms with Crippen LogP contribution in [0.5, 0.6) is 0 Å². The van der Waals surface area contributed by atoms with E-state index in [2.05, 4.69) is 5.32 Å². The summed E-state index contributed by atoms with van der Waals surface area (Å²) in [6, 6.07) is 16.0. The van der Waals surface area contributed by atoms with Gasteiger partial charge in [0.1, 0.15) is 0 Å². The molecule has 0 aromatic heterocycles. The summed E-state index contributed by atoms with van der Waals surface area (Å²) in [6.07, 6.45) is 2.42. The van der Waals surface area contributed by atoms with E-state index in [-0.39, 0.29) is 18.4 Å². The Hall–Kier alpha value is -2.66. The third-order valence-electron chi connectivity index (χ3n) is 4.68. The van der Waals surface area contributed by atoms with Gasteiger partial charge in [-0.15, -0.1) is 0 Å². The van der Waals surface area contributed by atoms with Gasteiger partial charge in [0.05, 0.1) is 5.60 Å². The van der Waals surface area contributed by atoms with Gasteiger partial charge in [-0.1, -0.05) is 24.3 Å². The van der Waals surface area contributed by atoms with Crippen LogP contribution in [0.3, 0.4) is 0 Å². The van der Waals surface area contributed by atoms with E-state index < -0.39 is 5.60 Å². The fraction of sp³-hybridized carbons (Fsp3) is 0.300. The number of benzene rings is 2. The SMILES string of the molecule is CN(C(=O)c1cccc(C(=O)NCC2(O)CCC2)c1)c1ccccc1. The van der Waals surface area contributed by atoms with Crippen LogP contribution >= 0.6 is 0 Å². The van der Waals surface area contributed by atoms with Gasteiger partial charge in [0, 0.05) is 30.4 Å². The molecule has 2 aromatic rings. The van der Waals surface area contributed by atoms with E-state index in [1.807, 2.05) is 30.3 Å². The molecule has 2 amide bonds. The summed E-state index contributed by atoms with van der Waals surface area (Å²) < 4.78 is 0. The zero-order valence-corrected chi connectivity index (χ0v) is 14.2. The van der Waals surface area contributed by atoms with Crippen molar-refractivity contribution >= 4 is 17.5 Å². The Morgan fingerprint density at radius 1 is 1.08 bits per heavy atom. The second-order valence-electron chi connectivity index (χ2n) is 6.54. The van der Waals surface area contributed by atoms with E-state index in [1.54, 1.807) is 36.2 Å². The summed E-state index contributed by atoms with van der Waals surface area (Å²) in [5.74, 6) is -0.462. The molecule has 0 bridgehead atoms. The average molecular weight is 338 g/mol. The molecule has 1 saturated carbocycles. The molecule has 2 N–H and O–H groups in total. The summed E-state index contributed by atoms with van der Waals surface area (Å²) in [7, 11) is 1.70. The predicted octanol–water partition coefficient (Wildman–Crippen LogP) is 2.61. The molecular weight excluding hydrogens is 316 g/mol. The number of anilines is 1. The quantitative estimate of drug-likeness (QED) is 0.880. The first-order valence-corrected chi connectivity index (χ1v) is 8.42. The van der Waals surface area contributed by atoms with Crippen LogP contribution in [0.2, 0.25) is 0 Å². The standard InChI is InChI=1S/C20H22N2O3/c1-22(17-9-3-2-4-10-17)19(24)16-8-5-7-15(13-16)18(23)21-14-20(25)11-6-12-20/h2-5,7-10,13,25H,6,11-12,14H2,1H3,(H,21,23). The lowest BCUT2D eigenvalue weighted by molar-refractivity contribution is -0.0300. The molecule has 25 heavy (non-hydrogen) atoms. The molecule has 0 spiro atoms. The third-order valence-corrected chi connectivity index (χ3v) is 4.68. The zero-order chi connectivity index (χ0) is 17.9. The predicted molar refractivity (Wildman–Crippen MR) is 96.8 cm³/mol. The maximum Gasteiger partial charge on any atom is 0.258 e. The molecule has 1 fully saturated rings. The highest BCUT2D eigenvalue weighted by molar-refractivity contribution is 6.07. The molecule has 0 saturated heterocycles. The number of aliphatic hydroxyl groups is 1. The van der Waals surface area contributed by atoms with Crippen LogP contribution in [0, 0.1) is 0 Å². The number of amides is 2. The van der Waals surface area contributed by atoms with Crippen molar-refractivity contribution in [1.29, 1.82) is 0 Å². The summed E-state index contributed by atoms with van der Waals surface area (Å²) in [5.41, 5.74) is 0.877. The van der Waals surface area contributed by atoms with Crippen molar-refractivity contribution < 1.29 is 14.7 Å². The maximum atomic E-state index is 12.6. The van der Waals surface area contributed by atoms with Crippen LogP contribution in [0.25, 0.3) is 0 Å². The van der Waals surface area contributed by atoms with Crippen LogP contribution in [0.1, 0.15) is 40.0 Å². The Labute approximate surface area is 147 Å². The number of hydrogen-bond acceptors (Lipinski definition) is 3. The first kappa shape index (κ1) is 17.2.